The number of aliphatic imine (C=N–C) groups is 1. The summed E-state index contributed by atoms with van der Waals surface area (Å²) in [6.45, 7) is 4.55. The number of aromatic nitrogens is 3. The van der Waals surface area contributed by atoms with Crippen LogP contribution in [0.1, 0.15) is 19.4 Å². The van der Waals surface area contributed by atoms with Crippen molar-refractivity contribution in [2.75, 3.05) is 0 Å². The van der Waals surface area contributed by atoms with Gasteiger partial charge in [-0.1, -0.05) is 6.07 Å². The summed E-state index contributed by atoms with van der Waals surface area (Å²) in [6.07, 6.45) is 7.08. The zero-order valence-electron chi connectivity index (χ0n) is 11.1. The van der Waals surface area contributed by atoms with Gasteiger partial charge in [-0.3, -0.25) is 4.57 Å². The Kier molecular flexibility index (Phi) is 4.12. The van der Waals surface area contributed by atoms with E-state index in [-0.39, 0.29) is 6.04 Å². The Labute approximate surface area is 112 Å². The highest BCUT2D eigenvalue weighted by Crippen LogP contribution is 2.06. The van der Waals surface area contributed by atoms with Gasteiger partial charge in [-0.15, -0.1) is 0 Å². The fourth-order valence-corrected chi connectivity index (χ4v) is 1.58. The SMILES string of the molecule is CC(C)NC(N)=NCc1ccc(-n2ccnc2)nc1. The van der Waals surface area contributed by atoms with Gasteiger partial charge in [-0.05, 0) is 25.5 Å². The van der Waals surface area contributed by atoms with Crippen LogP contribution in [0.25, 0.3) is 5.82 Å². The third-order valence-electron chi connectivity index (χ3n) is 2.45. The molecule has 0 radical (unpaired) electrons. The van der Waals surface area contributed by atoms with Crippen LogP contribution in [0.5, 0.6) is 0 Å². The molecule has 6 heteroatoms. The summed E-state index contributed by atoms with van der Waals surface area (Å²) in [5, 5.41) is 3.04. The van der Waals surface area contributed by atoms with Crippen LogP contribution in [0.2, 0.25) is 0 Å². The van der Waals surface area contributed by atoms with Gasteiger partial charge in [0.2, 0.25) is 0 Å². The summed E-state index contributed by atoms with van der Waals surface area (Å²) in [5.74, 6) is 1.28. The van der Waals surface area contributed by atoms with Gasteiger partial charge in [0.05, 0.1) is 6.54 Å². The number of guanidine groups is 1. The fraction of sp³-hybridized carbons (Fsp3) is 0.308. The average molecular weight is 258 g/mol. The second-order valence-corrected chi connectivity index (χ2v) is 4.50. The zero-order valence-corrected chi connectivity index (χ0v) is 11.1. The smallest absolute Gasteiger partial charge is 0.189 e. The predicted molar refractivity (Wildman–Crippen MR) is 75.0 cm³/mol. The molecular formula is C13H18N6. The largest absolute Gasteiger partial charge is 0.370 e. The molecule has 0 bridgehead atoms. The summed E-state index contributed by atoms with van der Waals surface area (Å²) < 4.78 is 1.85. The quantitative estimate of drug-likeness (QED) is 0.635. The number of nitrogens with one attached hydrogen (secondary N) is 1. The van der Waals surface area contributed by atoms with Crippen molar-refractivity contribution in [3.05, 3.63) is 42.6 Å². The van der Waals surface area contributed by atoms with Crippen molar-refractivity contribution in [3.63, 3.8) is 0 Å². The molecule has 0 aliphatic carbocycles. The Hall–Kier alpha value is -2.37. The third-order valence-corrected chi connectivity index (χ3v) is 2.45. The molecule has 0 aliphatic rings. The third kappa shape index (κ3) is 3.80. The standard InChI is InChI=1S/C13H18N6/c1-10(2)18-13(14)17-8-11-3-4-12(16-7-11)19-6-5-15-9-19/h3-7,9-10H,8H2,1-2H3,(H3,14,17,18). The van der Waals surface area contributed by atoms with Crippen molar-refractivity contribution < 1.29 is 0 Å². The molecule has 0 fully saturated rings. The molecule has 3 N–H and O–H groups in total. The van der Waals surface area contributed by atoms with E-state index in [0.29, 0.717) is 12.5 Å². The van der Waals surface area contributed by atoms with E-state index in [1.165, 1.54) is 0 Å². The van der Waals surface area contributed by atoms with E-state index in [1.54, 1.807) is 18.7 Å². The lowest BCUT2D eigenvalue weighted by atomic mass is 10.3. The van der Waals surface area contributed by atoms with Gasteiger partial charge in [-0.25, -0.2) is 15.0 Å². The van der Waals surface area contributed by atoms with Crippen LogP contribution < -0.4 is 11.1 Å². The molecule has 2 rings (SSSR count). The molecule has 0 saturated heterocycles. The van der Waals surface area contributed by atoms with Gasteiger partial charge < -0.3 is 11.1 Å². The minimum atomic E-state index is 0.283. The minimum Gasteiger partial charge on any atom is -0.370 e. The first-order chi connectivity index (χ1) is 9.15. The molecular weight excluding hydrogens is 240 g/mol. The molecule has 2 aromatic rings. The van der Waals surface area contributed by atoms with E-state index >= 15 is 0 Å². The van der Waals surface area contributed by atoms with Gasteiger partial charge in [0, 0.05) is 24.6 Å². The molecule has 0 aromatic carbocycles. The summed E-state index contributed by atoms with van der Waals surface area (Å²) in [5.41, 5.74) is 6.75. The number of hydrogen-bond acceptors (Lipinski definition) is 3. The maximum Gasteiger partial charge on any atom is 0.189 e. The lowest BCUT2D eigenvalue weighted by Crippen LogP contribution is -2.36. The maximum absolute atomic E-state index is 5.74. The van der Waals surface area contributed by atoms with Crippen LogP contribution in [0.4, 0.5) is 0 Å². The number of nitrogens with two attached hydrogens (primary N) is 1. The van der Waals surface area contributed by atoms with Crippen LogP contribution in [-0.4, -0.2) is 26.5 Å². The second kappa shape index (κ2) is 5.99. The monoisotopic (exact) mass is 258 g/mol. The Morgan fingerprint density at radius 2 is 2.32 bits per heavy atom. The van der Waals surface area contributed by atoms with Crippen molar-refractivity contribution in [2.45, 2.75) is 26.4 Å². The molecule has 2 heterocycles. The van der Waals surface area contributed by atoms with Gasteiger partial charge in [0.15, 0.2) is 5.96 Å². The Morgan fingerprint density at radius 3 is 2.89 bits per heavy atom. The molecule has 100 valence electrons. The van der Waals surface area contributed by atoms with Crippen molar-refractivity contribution in [1.82, 2.24) is 19.9 Å². The van der Waals surface area contributed by atoms with Crippen LogP contribution in [0.3, 0.4) is 0 Å². The number of nitrogens with zero attached hydrogens (tertiary/aromatic N) is 4. The number of hydrogen-bond donors (Lipinski definition) is 2. The van der Waals surface area contributed by atoms with Crippen LogP contribution in [-0.2, 0) is 6.54 Å². The molecule has 6 nitrogen and oxygen atoms in total. The van der Waals surface area contributed by atoms with E-state index in [9.17, 15) is 0 Å². The normalized spacial score (nSPS) is 11.8. The molecule has 0 amide bonds. The van der Waals surface area contributed by atoms with Crippen molar-refractivity contribution in [1.29, 1.82) is 0 Å². The van der Waals surface area contributed by atoms with Crippen LogP contribution in [0.15, 0.2) is 42.0 Å². The van der Waals surface area contributed by atoms with Gasteiger partial charge in [0.1, 0.15) is 12.1 Å². The van der Waals surface area contributed by atoms with Gasteiger partial charge >= 0.3 is 0 Å². The summed E-state index contributed by atoms with van der Waals surface area (Å²) in [4.78, 5) is 12.6. The first-order valence-corrected chi connectivity index (χ1v) is 6.15. The second-order valence-electron chi connectivity index (χ2n) is 4.50. The Balaban J connectivity index is 1.99. The number of pyridine rings is 1. The zero-order chi connectivity index (χ0) is 13.7. The first-order valence-electron chi connectivity index (χ1n) is 6.15. The van der Waals surface area contributed by atoms with Crippen LogP contribution in [0, 0.1) is 0 Å². The molecule has 0 aliphatic heterocycles. The summed E-state index contributed by atoms with van der Waals surface area (Å²) >= 11 is 0. The topological polar surface area (TPSA) is 81.1 Å². The first kappa shape index (κ1) is 13.1. The average Bonchev–Trinajstić information content (AvgIpc) is 2.90. The minimum absolute atomic E-state index is 0.283. The Bertz CT molecular complexity index is 527. The predicted octanol–water partition coefficient (Wildman–Crippen LogP) is 1.08. The maximum atomic E-state index is 5.74. The van der Waals surface area contributed by atoms with Gasteiger partial charge in [0.25, 0.3) is 0 Å². The van der Waals surface area contributed by atoms with Gasteiger partial charge in [-0.2, -0.15) is 0 Å². The van der Waals surface area contributed by atoms with Crippen molar-refractivity contribution in [2.24, 2.45) is 10.7 Å². The van der Waals surface area contributed by atoms with E-state index in [2.05, 4.69) is 20.3 Å². The molecule has 0 spiro atoms. The lowest BCUT2D eigenvalue weighted by molar-refractivity contribution is 0.723. The molecule has 2 aromatic heterocycles. The number of rotatable bonds is 4. The lowest BCUT2D eigenvalue weighted by Gasteiger charge is -2.08. The molecule has 19 heavy (non-hydrogen) atoms. The highest BCUT2D eigenvalue weighted by Gasteiger charge is 1.99. The molecule has 0 atom stereocenters. The summed E-state index contributed by atoms with van der Waals surface area (Å²) in [6, 6.07) is 4.19. The molecule has 0 unspecified atom stereocenters. The van der Waals surface area contributed by atoms with Crippen molar-refractivity contribution >= 4 is 5.96 Å². The van der Waals surface area contributed by atoms with Crippen LogP contribution >= 0.6 is 0 Å². The highest BCUT2D eigenvalue weighted by molar-refractivity contribution is 5.78. The van der Waals surface area contributed by atoms with E-state index in [4.69, 9.17) is 5.73 Å². The van der Waals surface area contributed by atoms with E-state index in [1.807, 2.05) is 36.7 Å². The fourth-order valence-electron chi connectivity index (χ4n) is 1.58. The Morgan fingerprint density at radius 1 is 1.47 bits per heavy atom. The number of imidazole rings is 1. The highest BCUT2D eigenvalue weighted by atomic mass is 15.1. The van der Waals surface area contributed by atoms with E-state index < -0.39 is 0 Å². The van der Waals surface area contributed by atoms with Crippen molar-refractivity contribution in [3.8, 4) is 5.82 Å². The molecule has 0 saturated carbocycles. The van der Waals surface area contributed by atoms with E-state index in [0.717, 1.165) is 11.4 Å². The summed E-state index contributed by atoms with van der Waals surface area (Å²) in [7, 11) is 0.